The van der Waals surface area contributed by atoms with Crippen LogP contribution in [-0.4, -0.2) is 42.7 Å². The monoisotopic (exact) mass is 534 g/mol. The molecule has 1 unspecified atom stereocenters. The molecule has 0 aliphatic heterocycles. The summed E-state index contributed by atoms with van der Waals surface area (Å²) in [6, 6.07) is 18.3. The maximum absolute atomic E-state index is 14.0. The zero-order valence-electron chi connectivity index (χ0n) is 21.5. The van der Waals surface area contributed by atoms with Crippen LogP contribution in [0.3, 0.4) is 0 Å². The molecular weight excluding hydrogens is 502 g/mol. The molecule has 0 N–H and O–H groups in total. The van der Waals surface area contributed by atoms with Gasteiger partial charge in [0.25, 0.3) is 0 Å². The van der Waals surface area contributed by atoms with Gasteiger partial charge in [0.1, 0.15) is 11.5 Å². The summed E-state index contributed by atoms with van der Waals surface area (Å²) in [6.45, 7) is 1.91. The van der Waals surface area contributed by atoms with Crippen molar-refractivity contribution < 1.29 is 36.7 Å². The number of ether oxygens (including phenoxy) is 2. The van der Waals surface area contributed by atoms with E-state index in [-0.39, 0.29) is 0 Å². The number of rotatable bonds is 11. The Kier molecular flexibility index (Phi) is 9.18. The molecule has 0 heterocycles. The molecule has 0 bridgehead atoms. The van der Waals surface area contributed by atoms with Crippen molar-refractivity contribution in [2.45, 2.75) is 12.8 Å². The Morgan fingerprint density at radius 3 is 1.78 bits per heavy atom. The van der Waals surface area contributed by atoms with Gasteiger partial charge in [-0.3, -0.25) is 9.13 Å². The number of methoxy groups -OCH3 is 2. The van der Waals surface area contributed by atoms with Gasteiger partial charge in [0.05, 0.1) is 24.8 Å². The van der Waals surface area contributed by atoms with Gasteiger partial charge < -0.3 is 27.6 Å². The largest absolute Gasteiger partial charge is 0.497 e. The highest BCUT2D eigenvalue weighted by Gasteiger charge is 2.37. The van der Waals surface area contributed by atoms with Crippen LogP contribution in [-0.2, 0) is 27.2 Å². The molecule has 3 rings (SSSR count). The van der Waals surface area contributed by atoms with Crippen molar-refractivity contribution in [2.75, 3.05) is 42.7 Å². The maximum atomic E-state index is 14.0. The second-order valence-corrected chi connectivity index (χ2v) is 12.2. The lowest BCUT2D eigenvalue weighted by atomic mass is 9.90. The van der Waals surface area contributed by atoms with Gasteiger partial charge in [0.15, 0.2) is 0 Å². The van der Waals surface area contributed by atoms with Crippen LogP contribution in [0.25, 0.3) is 11.1 Å². The Bertz CT molecular complexity index is 1280. The van der Waals surface area contributed by atoms with Crippen LogP contribution in [0.4, 0.5) is 0 Å². The normalized spacial score (nSPS) is 12.9. The van der Waals surface area contributed by atoms with Gasteiger partial charge in [-0.05, 0) is 34.9 Å². The fourth-order valence-corrected chi connectivity index (χ4v) is 7.26. The smallest absolute Gasteiger partial charge is 0.361 e. The Morgan fingerprint density at radius 1 is 0.667 bits per heavy atom. The minimum atomic E-state index is -3.81. The molecule has 0 aromatic heterocycles. The topological polar surface area (TPSA) is 89.5 Å². The number of benzene rings is 3. The van der Waals surface area contributed by atoms with Gasteiger partial charge in [-0.2, -0.15) is 0 Å². The van der Waals surface area contributed by atoms with Crippen molar-refractivity contribution in [3.05, 3.63) is 71.8 Å². The SMILES string of the molecule is COc1ccc(C(C)c2ccc(OC)c(-c3ccccc3)c2P(=O)(OC)OC)c(P(=O)(OC)OC)c1. The van der Waals surface area contributed by atoms with E-state index < -0.39 is 21.1 Å². The molecule has 0 amide bonds. The third-order valence-electron chi connectivity index (χ3n) is 6.15. The first-order chi connectivity index (χ1) is 17.2. The molecule has 8 nitrogen and oxygen atoms in total. The molecule has 0 spiro atoms. The van der Waals surface area contributed by atoms with E-state index in [0.717, 1.165) is 5.56 Å². The summed E-state index contributed by atoms with van der Waals surface area (Å²) >= 11 is 0. The average molecular weight is 534 g/mol. The minimum Gasteiger partial charge on any atom is -0.497 e. The van der Waals surface area contributed by atoms with Crippen molar-refractivity contribution in [2.24, 2.45) is 0 Å². The lowest BCUT2D eigenvalue weighted by molar-refractivity contribution is 0.286. The predicted octanol–water partition coefficient (Wildman–Crippen LogP) is 5.75. The van der Waals surface area contributed by atoms with E-state index in [1.165, 1.54) is 35.5 Å². The summed E-state index contributed by atoms with van der Waals surface area (Å²) in [5, 5.41) is 0.698. The van der Waals surface area contributed by atoms with E-state index in [9.17, 15) is 9.13 Å². The zero-order chi connectivity index (χ0) is 26.5. The van der Waals surface area contributed by atoms with Crippen molar-refractivity contribution in [1.82, 2.24) is 0 Å². The predicted molar refractivity (Wildman–Crippen MR) is 141 cm³/mol. The summed E-state index contributed by atoms with van der Waals surface area (Å²) in [7, 11) is 0.927. The fourth-order valence-electron chi connectivity index (χ4n) is 4.24. The maximum Gasteiger partial charge on any atom is 0.361 e. The van der Waals surface area contributed by atoms with Gasteiger partial charge in [-0.1, -0.05) is 49.4 Å². The second kappa shape index (κ2) is 11.7. The second-order valence-electron chi connectivity index (χ2n) is 7.82. The average Bonchev–Trinajstić information content (AvgIpc) is 2.95. The van der Waals surface area contributed by atoms with Crippen LogP contribution in [0.1, 0.15) is 24.0 Å². The summed E-state index contributed by atoms with van der Waals surface area (Å²) in [6.07, 6.45) is 0. The van der Waals surface area contributed by atoms with Gasteiger partial charge in [0, 0.05) is 39.9 Å². The molecule has 10 heteroatoms. The van der Waals surface area contributed by atoms with E-state index in [2.05, 4.69) is 0 Å². The molecule has 0 saturated heterocycles. The van der Waals surface area contributed by atoms with Crippen LogP contribution in [0.2, 0.25) is 0 Å². The summed E-state index contributed by atoms with van der Waals surface area (Å²) in [5.74, 6) is 0.567. The first-order valence-corrected chi connectivity index (χ1v) is 14.2. The highest BCUT2D eigenvalue weighted by atomic mass is 31.2. The molecule has 36 heavy (non-hydrogen) atoms. The zero-order valence-corrected chi connectivity index (χ0v) is 23.3. The van der Waals surface area contributed by atoms with Crippen LogP contribution in [0.15, 0.2) is 60.7 Å². The molecule has 0 fully saturated rings. The van der Waals surface area contributed by atoms with Crippen molar-refractivity contribution in [3.63, 3.8) is 0 Å². The molecule has 3 aromatic carbocycles. The van der Waals surface area contributed by atoms with E-state index in [0.29, 0.717) is 38.8 Å². The minimum absolute atomic E-state index is 0.340. The number of hydrogen-bond donors (Lipinski definition) is 0. The Hall–Kier alpha value is -2.44. The fraction of sp³-hybridized carbons (Fsp3) is 0.308. The van der Waals surface area contributed by atoms with Crippen LogP contribution >= 0.6 is 15.2 Å². The van der Waals surface area contributed by atoms with Crippen LogP contribution in [0, 0.1) is 0 Å². The highest BCUT2D eigenvalue weighted by molar-refractivity contribution is 7.63. The molecule has 0 radical (unpaired) electrons. The van der Waals surface area contributed by atoms with Crippen LogP contribution < -0.4 is 20.1 Å². The lowest BCUT2D eigenvalue weighted by Gasteiger charge is -2.27. The molecule has 194 valence electrons. The van der Waals surface area contributed by atoms with Gasteiger partial charge in [-0.15, -0.1) is 0 Å². The molecule has 3 aromatic rings. The quantitative estimate of drug-likeness (QED) is 0.288. The molecule has 0 saturated carbocycles. The molecule has 1 atom stereocenters. The van der Waals surface area contributed by atoms with Crippen molar-refractivity contribution >= 4 is 25.8 Å². The summed E-state index contributed by atoms with van der Waals surface area (Å²) in [5.41, 5.74) is 2.66. The van der Waals surface area contributed by atoms with E-state index in [4.69, 9.17) is 27.6 Å². The lowest BCUT2D eigenvalue weighted by Crippen LogP contribution is -2.23. The third kappa shape index (κ3) is 5.16. The molecule has 0 aliphatic rings. The third-order valence-corrected chi connectivity index (χ3v) is 10.1. The first-order valence-electron chi connectivity index (χ1n) is 11.1. The van der Waals surface area contributed by atoms with E-state index in [1.54, 1.807) is 25.3 Å². The van der Waals surface area contributed by atoms with Crippen LogP contribution in [0.5, 0.6) is 11.5 Å². The Labute approximate surface area is 212 Å². The first kappa shape index (κ1) is 28.1. The van der Waals surface area contributed by atoms with Gasteiger partial charge >= 0.3 is 15.2 Å². The summed E-state index contributed by atoms with van der Waals surface area (Å²) < 4.78 is 60.2. The highest BCUT2D eigenvalue weighted by Crippen LogP contribution is 2.53. The Balaban J connectivity index is 2.42. The summed E-state index contributed by atoms with van der Waals surface area (Å²) in [4.78, 5) is 0. The standard InChI is InChI=1S/C26H32O8P2/c1-18(21-14-13-20(29-2)17-24(21)35(27,31-4)32-5)22-15-16-23(30-3)25(19-11-9-8-10-12-19)26(22)36(28,33-6)34-7/h8-18H,1-7H3. The van der Waals surface area contributed by atoms with Gasteiger partial charge in [-0.25, -0.2) is 0 Å². The van der Waals surface area contributed by atoms with Crippen molar-refractivity contribution in [3.8, 4) is 22.6 Å². The Morgan fingerprint density at radius 2 is 1.25 bits per heavy atom. The van der Waals surface area contributed by atoms with Gasteiger partial charge in [0.2, 0.25) is 0 Å². The van der Waals surface area contributed by atoms with E-state index >= 15 is 0 Å². The van der Waals surface area contributed by atoms with E-state index in [1.807, 2.05) is 49.4 Å². The molecular formula is C26H32O8P2. The molecule has 0 aliphatic carbocycles. The van der Waals surface area contributed by atoms with Crippen molar-refractivity contribution in [1.29, 1.82) is 0 Å². The number of hydrogen-bond acceptors (Lipinski definition) is 8.